The number of esters is 1. The molecule has 0 saturated heterocycles. The second-order valence-electron chi connectivity index (χ2n) is 7.37. The maximum Gasteiger partial charge on any atom is 0.336 e. The van der Waals surface area contributed by atoms with Crippen LogP contribution in [0.1, 0.15) is 36.8 Å². The molecule has 0 spiro atoms. The zero-order valence-electron chi connectivity index (χ0n) is 16.2. The van der Waals surface area contributed by atoms with Gasteiger partial charge < -0.3 is 10.1 Å². The number of hydrogen-bond donors (Lipinski definition) is 1. The summed E-state index contributed by atoms with van der Waals surface area (Å²) < 4.78 is 6.71. The number of ether oxygens (including phenoxy) is 1. The van der Waals surface area contributed by atoms with E-state index in [0.717, 1.165) is 32.5 Å². The van der Waals surface area contributed by atoms with Gasteiger partial charge in [0.1, 0.15) is 12.4 Å². The predicted octanol–water partition coefficient (Wildman–Crippen LogP) is 4.86. The van der Waals surface area contributed by atoms with Gasteiger partial charge in [-0.15, -0.1) is 0 Å². The maximum atomic E-state index is 13.2. The Morgan fingerprint density at radius 2 is 1.83 bits per heavy atom. The quantitative estimate of drug-likeness (QED) is 0.483. The van der Waals surface area contributed by atoms with Gasteiger partial charge in [-0.25, -0.2) is 4.79 Å². The third-order valence-electron chi connectivity index (χ3n) is 5.49. The van der Waals surface area contributed by atoms with Gasteiger partial charge in [-0.2, -0.15) is 0 Å². The summed E-state index contributed by atoms with van der Waals surface area (Å²) >= 11 is 2.28. The molecule has 2 aromatic rings. The van der Waals surface area contributed by atoms with Crippen molar-refractivity contribution in [1.82, 2.24) is 5.32 Å². The molecule has 0 fully saturated rings. The fraction of sp³-hybridized carbons (Fsp3) is 0.250. The summed E-state index contributed by atoms with van der Waals surface area (Å²) in [6, 6.07) is 17.6. The minimum atomic E-state index is -0.374. The number of carbonyl (C=O) groups is 2. The van der Waals surface area contributed by atoms with Gasteiger partial charge in [0, 0.05) is 27.3 Å². The first kappa shape index (κ1) is 19.9. The van der Waals surface area contributed by atoms with Crippen LogP contribution >= 0.6 is 22.6 Å². The smallest absolute Gasteiger partial charge is 0.336 e. The Kier molecular flexibility index (Phi) is 5.85. The van der Waals surface area contributed by atoms with Crippen molar-refractivity contribution in [2.45, 2.75) is 32.3 Å². The van der Waals surface area contributed by atoms with Gasteiger partial charge in [0.05, 0.1) is 11.5 Å². The van der Waals surface area contributed by atoms with E-state index in [-0.39, 0.29) is 30.2 Å². The molecule has 1 aliphatic heterocycles. The Morgan fingerprint density at radius 3 is 2.59 bits per heavy atom. The molecule has 2 aromatic carbocycles. The average Bonchev–Trinajstić information content (AvgIpc) is 2.72. The van der Waals surface area contributed by atoms with Crippen molar-refractivity contribution < 1.29 is 14.3 Å². The molecule has 1 N–H and O–H groups in total. The first-order chi connectivity index (χ1) is 14.1. The molecule has 0 bridgehead atoms. The summed E-state index contributed by atoms with van der Waals surface area (Å²) in [4.78, 5) is 26.1. The highest BCUT2D eigenvalue weighted by molar-refractivity contribution is 14.1. The molecule has 0 aromatic heterocycles. The van der Waals surface area contributed by atoms with Crippen LogP contribution in [0.15, 0.2) is 77.6 Å². The van der Waals surface area contributed by atoms with Gasteiger partial charge in [0.2, 0.25) is 0 Å². The minimum Gasteiger partial charge on any atom is -0.457 e. The molecule has 1 aliphatic carbocycles. The molecule has 0 radical (unpaired) electrons. The van der Waals surface area contributed by atoms with E-state index in [1.807, 2.05) is 61.5 Å². The molecule has 2 atom stereocenters. The lowest BCUT2D eigenvalue weighted by Crippen LogP contribution is -2.41. The first-order valence-electron chi connectivity index (χ1n) is 9.72. The van der Waals surface area contributed by atoms with Crippen LogP contribution in [0.5, 0.6) is 0 Å². The predicted molar refractivity (Wildman–Crippen MR) is 120 cm³/mol. The zero-order valence-corrected chi connectivity index (χ0v) is 18.3. The number of rotatable bonds is 4. The van der Waals surface area contributed by atoms with E-state index in [2.05, 4.69) is 34.0 Å². The van der Waals surface area contributed by atoms with Gasteiger partial charge in [-0.1, -0.05) is 54.6 Å². The normalized spacial score (nSPS) is 21.2. The number of halogens is 1. The van der Waals surface area contributed by atoms with Gasteiger partial charge in [0.25, 0.3) is 0 Å². The highest BCUT2D eigenvalue weighted by atomic mass is 127. The lowest BCUT2D eigenvalue weighted by Gasteiger charge is -2.38. The summed E-state index contributed by atoms with van der Waals surface area (Å²) in [5.41, 5.74) is 4.13. The molecular weight excluding hydrogens is 477 g/mol. The van der Waals surface area contributed by atoms with Crippen LogP contribution in [-0.2, 0) is 20.9 Å². The van der Waals surface area contributed by atoms with E-state index in [1.54, 1.807) is 0 Å². The summed E-state index contributed by atoms with van der Waals surface area (Å²) in [6.45, 7) is 2.09. The van der Waals surface area contributed by atoms with E-state index < -0.39 is 0 Å². The van der Waals surface area contributed by atoms with E-state index in [1.165, 1.54) is 0 Å². The molecule has 5 heteroatoms. The lowest BCUT2D eigenvalue weighted by molar-refractivity contribution is -0.141. The molecule has 4 rings (SSSR count). The summed E-state index contributed by atoms with van der Waals surface area (Å²) in [7, 11) is 0. The van der Waals surface area contributed by atoms with Gasteiger partial charge in [-0.3, -0.25) is 4.79 Å². The number of ketones is 1. The van der Waals surface area contributed by atoms with Crippen LogP contribution in [0, 0.1) is 9.49 Å². The number of Topliss-reactive ketones (excluding diaryl/α,β-unsaturated/α-hetero) is 1. The zero-order chi connectivity index (χ0) is 20.4. The van der Waals surface area contributed by atoms with Gasteiger partial charge >= 0.3 is 5.97 Å². The molecule has 29 heavy (non-hydrogen) atoms. The van der Waals surface area contributed by atoms with Crippen LogP contribution in [-0.4, -0.2) is 11.8 Å². The SMILES string of the molecule is CC1=C(C(=O)OCc2ccccc2)C(c2ccccc2I)C2C(=O)CCC=C2N1. The van der Waals surface area contributed by atoms with Crippen LogP contribution < -0.4 is 5.32 Å². The largest absolute Gasteiger partial charge is 0.457 e. The molecule has 148 valence electrons. The van der Waals surface area contributed by atoms with Crippen molar-refractivity contribution >= 4 is 34.3 Å². The monoisotopic (exact) mass is 499 g/mol. The van der Waals surface area contributed by atoms with Crippen LogP contribution in [0.4, 0.5) is 0 Å². The van der Waals surface area contributed by atoms with E-state index in [0.29, 0.717) is 12.0 Å². The Hall–Kier alpha value is -2.41. The molecule has 2 unspecified atom stereocenters. The molecule has 0 saturated carbocycles. The third kappa shape index (κ3) is 4.01. The van der Waals surface area contributed by atoms with Gasteiger partial charge in [-0.05, 0) is 53.1 Å². The number of fused-ring (bicyclic) bond motifs is 1. The molecule has 1 heterocycles. The van der Waals surface area contributed by atoms with Crippen LogP contribution in [0.2, 0.25) is 0 Å². The Bertz CT molecular complexity index is 1010. The fourth-order valence-electron chi connectivity index (χ4n) is 4.15. The molecule has 0 amide bonds. The first-order valence-corrected chi connectivity index (χ1v) is 10.8. The third-order valence-corrected chi connectivity index (χ3v) is 6.47. The van der Waals surface area contributed by atoms with E-state index in [9.17, 15) is 9.59 Å². The van der Waals surface area contributed by atoms with Crippen molar-refractivity contribution in [3.63, 3.8) is 0 Å². The maximum absolute atomic E-state index is 13.2. The van der Waals surface area contributed by atoms with Crippen molar-refractivity contribution in [3.05, 3.63) is 92.3 Å². The highest BCUT2D eigenvalue weighted by Crippen LogP contribution is 2.45. The summed E-state index contributed by atoms with van der Waals surface area (Å²) in [6.07, 6.45) is 3.32. The van der Waals surface area contributed by atoms with E-state index >= 15 is 0 Å². The number of benzene rings is 2. The molecule has 4 nitrogen and oxygen atoms in total. The molecular formula is C24H22INO3. The molecule has 2 aliphatic rings. The number of hydrogen-bond acceptors (Lipinski definition) is 4. The standard InChI is InChI=1S/C24H22INO3/c1-15-21(24(28)29-14-16-8-3-2-4-9-16)22(17-10-5-6-11-18(17)25)23-19(26-15)12-7-13-20(23)27/h2-6,8-12,22-23,26H,7,13-14H2,1H3. The van der Waals surface area contributed by atoms with Crippen molar-refractivity contribution in [3.8, 4) is 0 Å². The fourth-order valence-corrected chi connectivity index (χ4v) is 4.87. The summed E-state index contributed by atoms with van der Waals surface area (Å²) in [5, 5.41) is 3.31. The number of allylic oxidation sites excluding steroid dienone is 3. The second-order valence-corrected chi connectivity index (χ2v) is 8.53. The Balaban J connectivity index is 1.73. The average molecular weight is 499 g/mol. The van der Waals surface area contributed by atoms with Crippen molar-refractivity contribution in [1.29, 1.82) is 0 Å². The Labute approximate surface area is 184 Å². The topological polar surface area (TPSA) is 55.4 Å². The van der Waals surface area contributed by atoms with Gasteiger partial charge in [0.15, 0.2) is 0 Å². The van der Waals surface area contributed by atoms with Crippen LogP contribution in [0.25, 0.3) is 0 Å². The Morgan fingerprint density at radius 1 is 1.10 bits per heavy atom. The summed E-state index contributed by atoms with van der Waals surface area (Å²) in [5.74, 6) is -0.921. The number of nitrogens with one attached hydrogen (secondary N) is 1. The number of carbonyl (C=O) groups excluding carboxylic acids is 2. The van der Waals surface area contributed by atoms with Crippen LogP contribution in [0.3, 0.4) is 0 Å². The highest BCUT2D eigenvalue weighted by Gasteiger charge is 2.43. The lowest BCUT2D eigenvalue weighted by atomic mass is 9.71. The van der Waals surface area contributed by atoms with Crippen molar-refractivity contribution in [2.24, 2.45) is 5.92 Å². The second kappa shape index (κ2) is 8.53. The van der Waals surface area contributed by atoms with Crippen molar-refractivity contribution in [2.75, 3.05) is 0 Å². The minimum absolute atomic E-state index is 0.167. The van der Waals surface area contributed by atoms with E-state index in [4.69, 9.17) is 4.74 Å².